The summed E-state index contributed by atoms with van der Waals surface area (Å²) in [5, 5.41) is 2.76. The number of thiazole rings is 1. The van der Waals surface area contributed by atoms with Crippen molar-refractivity contribution in [1.82, 2.24) is 10.3 Å². The maximum absolute atomic E-state index is 11.1. The first-order valence-electron chi connectivity index (χ1n) is 4.05. The number of carbonyl (C=O) groups excluding carboxylic acids is 1. The molecule has 0 bridgehead atoms. The second-order valence-corrected chi connectivity index (χ2v) is 3.82. The van der Waals surface area contributed by atoms with Gasteiger partial charge >= 0.3 is 0 Å². The number of carbonyl (C=O) groups is 1. The van der Waals surface area contributed by atoms with E-state index in [0.29, 0.717) is 0 Å². The fourth-order valence-electron chi connectivity index (χ4n) is 0.798. The second-order valence-electron chi connectivity index (χ2n) is 2.90. The molecule has 1 heterocycles. The van der Waals surface area contributed by atoms with Gasteiger partial charge in [-0.25, -0.2) is 0 Å². The average Bonchev–Trinajstić information content (AvgIpc) is 2.51. The highest BCUT2D eigenvalue weighted by molar-refractivity contribution is 7.10. The summed E-state index contributed by atoms with van der Waals surface area (Å²) in [4.78, 5) is 16.0. The summed E-state index contributed by atoms with van der Waals surface area (Å²) in [6, 6.07) is 0.179. The van der Waals surface area contributed by atoms with Gasteiger partial charge in [-0.2, -0.15) is 0 Å². The molecule has 0 fully saturated rings. The first-order valence-corrected chi connectivity index (χ1v) is 4.93. The quantitative estimate of drug-likeness (QED) is 0.747. The van der Waals surface area contributed by atoms with Crippen LogP contribution in [0.2, 0.25) is 0 Å². The minimum absolute atomic E-state index is 0.0663. The Labute approximate surface area is 81.5 Å². The summed E-state index contributed by atoms with van der Waals surface area (Å²) >= 11 is 1.51. The lowest BCUT2D eigenvalue weighted by molar-refractivity contribution is -0.116. The van der Waals surface area contributed by atoms with Crippen LogP contribution in [0.1, 0.15) is 18.7 Å². The summed E-state index contributed by atoms with van der Waals surface area (Å²) in [6.45, 7) is 3.86. The molecule has 0 radical (unpaired) electrons. The third-order valence-electron chi connectivity index (χ3n) is 1.28. The van der Waals surface area contributed by atoms with E-state index in [0.717, 1.165) is 4.88 Å². The molecular weight excluding hydrogens is 184 g/mol. The molecule has 13 heavy (non-hydrogen) atoms. The lowest BCUT2D eigenvalue weighted by atomic mass is 10.3. The molecule has 3 nitrogen and oxygen atoms in total. The van der Waals surface area contributed by atoms with Gasteiger partial charge in [0.25, 0.3) is 0 Å². The van der Waals surface area contributed by atoms with Crippen molar-refractivity contribution in [2.45, 2.75) is 19.9 Å². The summed E-state index contributed by atoms with van der Waals surface area (Å²) in [5.74, 6) is -0.0663. The lowest BCUT2D eigenvalue weighted by Crippen LogP contribution is -2.28. The van der Waals surface area contributed by atoms with E-state index in [2.05, 4.69) is 10.3 Å². The molecule has 0 aliphatic rings. The monoisotopic (exact) mass is 196 g/mol. The van der Waals surface area contributed by atoms with Gasteiger partial charge in [-0.15, -0.1) is 11.3 Å². The first-order chi connectivity index (χ1) is 6.18. The molecular formula is C9H12N2OS. The number of nitrogens with zero attached hydrogens (tertiary/aromatic N) is 1. The van der Waals surface area contributed by atoms with Gasteiger partial charge in [0.15, 0.2) is 0 Å². The van der Waals surface area contributed by atoms with Crippen LogP contribution < -0.4 is 5.32 Å². The standard InChI is InChI=1S/C9H12N2OS/c1-7(2)11-9(12)4-3-8-5-10-6-13-8/h3-7H,1-2H3,(H,11,12)/b4-3+. The van der Waals surface area contributed by atoms with Gasteiger partial charge in [-0.1, -0.05) is 0 Å². The third kappa shape index (κ3) is 3.85. The first kappa shape index (κ1) is 9.92. The SMILES string of the molecule is CC(C)NC(=O)/C=C/c1cncs1. The predicted molar refractivity (Wildman–Crippen MR) is 54.4 cm³/mol. The van der Waals surface area contributed by atoms with Crippen molar-refractivity contribution in [3.05, 3.63) is 22.7 Å². The van der Waals surface area contributed by atoms with E-state index in [1.54, 1.807) is 17.8 Å². The van der Waals surface area contributed by atoms with E-state index >= 15 is 0 Å². The van der Waals surface area contributed by atoms with Crippen LogP contribution in [-0.4, -0.2) is 16.9 Å². The molecule has 4 heteroatoms. The fraction of sp³-hybridized carbons (Fsp3) is 0.333. The van der Waals surface area contributed by atoms with Crippen molar-refractivity contribution in [2.24, 2.45) is 0 Å². The summed E-state index contributed by atoms with van der Waals surface area (Å²) in [6.07, 6.45) is 5.01. The highest BCUT2D eigenvalue weighted by Crippen LogP contribution is 2.06. The largest absolute Gasteiger partial charge is 0.350 e. The zero-order valence-corrected chi connectivity index (χ0v) is 8.47. The van der Waals surface area contributed by atoms with E-state index in [4.69, 9.17) is 0 Å². The van der Waals surface area contributed by atoms with Crippen molar-refractivity contribution >= 4 is 23.3 Å². The van der Waals surface area contributed by atoms with Crippen LogP contribution in [0.25, 0.3) is 6.08 Å². The fourth-order valence-corrected chi connectivity index (χ4v) is 1.31. The summed E-state index contributed by atoms with van der Waals surface area (Å²) in [5.41, 5.74) is 1.74. The topological polar surface area (TPSA) is 42.0 Å². The molecule has 0 saturated heterocycles. The van der Waals surface area contributed by atoms with E-state index in [-0.39, 0.29) is 11.9 Å². The minimum Gasteiger partial charge on any atom is -0.350 e. The van der Waals surface area contributed by atoms with Crippen LogP contribution in [0.3, 0.4) is 0 Å². The average molecular weight is 196 g/mol. The van der Waals surface area contributed by atoms with Gasteiger partial charge in [-0.3, -0.25) is 9.78 Å². The van der Waals surface area contributed by atoms with Crippen LogP contribution in [0, 0.1) is 0 Å². The summed E-state index contributed by atoms with van der Waals surface area (Å²) in [7, 11) is 0. The second kappa shape index (κ2) is 4.77. The number of rotatable bonds is 3. The summed E-state index contributed by atoms with van der Waals surface area (Å²) < 4.78 is 0. The van der Waals surface area contributed by atoms with Crippen LogP contribution in [0.15, 0.2) is 17.8 Å². The maximum Gasteiger partial charge on any atom is 0.244 e. The minimum atomic E-state index is -0.0663. The number of hydrogen-bond acceptors (Lipinski definition) is 3. The Morgan fingerprint density at radius 3 is 3.00 bits per heavy atom. The zero-order valence-electron chi connectivity index (χ0n) is 7.65. The number of amides is 1. The molecule has 0 aliphatic heterocycles. The van der Waals surface area contributed by atoms with Crippen molar-refractivity contribution in [3.63, 3.8) is 0 Å². The zero-order chi connectivity index (χ0) is 9.68. The lowest BCUT2D eigenvalue weighted by Gasteiger charge is -2.03. The van der Waals surface area contributed by atoms with E-state index in [9.17, 15) is 4.79 Å². The van der Waals surface area contributed by atoms with Crippen molar-refractivity contribution < 1.29 is 4.79 Å². The molecule has 0 spiro atoms. The predicted octanol–water partition coefficient (Wildman–Crippen LogP) is 1.68. The third-order valence-corrected chi connectivity index (χ3v) is 2.02. The Morgan fingerprint density at radius 2 is 2.46 bits per heavy atom. The van der Waals surface area contributed by atoms with Crippen LogP contribution in [0.4, 0.5) is 0 Å². The van der Waals surface area contributed by atoms with E-state index in [1.807, 2.05) is 13.8 Å². The van der Waals surface area contributed by atoms with Crippen LogP contribution >= 0.6 is 11.3 Å². The van der Waals surface area contributed by atoms with Gasteiger partial charge in [0.2, 0.25) is 5.91 Å². The molecule has 70 valence electrons. The molecule has 1 amide bonds. The molecule has 0 aliphatic carbocycles. The molecule has 0 saturated carbocycles. The highest BCUT2D eigenvalue weighted by atomic mass is 32.1. The molecule has 1 rings (SSSR count). The van der Waals surface area contributed by atoms with E-state index < -0.39 is 0 Å². The van der Waals surface area contributed by atoms with Gasteiger partial charge in [0.05, 0.1) is 5.51 Å². The number of nitrogens with one attached hydrogen (secondary N) is 1. The Kier molecular flexibility index (Phi) is 3.64. The van der Waals surface area contributed by atoms with Crippen molar-refractivity contribution in [3.8, 4) is 0 Å². The number of hydrogen-bond donors (Lipinski definition) is 1. The van der Waals surface area contributed by atoms with Gasteiger partial charge in [0, 0.05) is 23.2 Å². The highest BCUT2D eigenvalue weighted by Gasteiger charge is 1.97. The molecule has 0 atom stereocenters. The van der Waals surface area contributed by atoms with E-state index in [1.165, 1.54) is 17.4 Å². The molecule has 0 unspecified atom stereocenters. The Bertz CT molecular complexity index is 291. The number of aromatic nitrogens is 1. The molecule has 1 aromatic heterocycles. The van der Waals surface area contributed by atoms with Crippen LogP contribution in [0.5, 0.6) is 0 Å². The molecule has 1 aromatic rings. The van der Waals surface area contributed by atoms with Gasteiger partial charge < -0.3 is 5.32 Å². The van der Waals surface area contributed by atoms with Crippen molar-refractivity contribution in [1.29, 1.82) is 0 Å². The Balaban J connectivity index is 2.44. The van der Waals surface area contributed by atoms with Gasteiger partial charge in [0.1, 0.15) is 0 Å². The van der Waals surface area contributed by atoms with Gasteiger partial charge in [-0.05, 0) is 19.9 Å². The Morgan fingerprint density at radius 1 is 1.69 bits per heavy atom. The smallest absolute Gasteiger partial charge is 0.244 e. The molecule has 1 N–H and O–H groups in total. The van der Waals surface area contributed by atoms with Crippen molar-refractivity contribution in [2.75, 3.05) is 0 Å². The maximum atomic E-state index is 11.1. The Hall–Kier alpha value is -1.16. The normalized spacial score (nSPS) is 11.0. The molecule has 0 aromatic carbocycles. The van der Waals surface area contributed by atoms with Crippen LogP contribution in [-0.2, 0) is 4.79 Å².